The summed E-state index contributed by atoms with van der Waals surface area (Å²) in [5.41, 5.74) is 0.956. The smallest absolute Gasteiger partial charge is 0.320 e. The highest BCUT2D eigenvalue weighted by Gasteiger charge is 2.48. The van der Waals surface area contributed by atoms with E-state index in [1.54, 1.807) is 39.8 Å². The molecule has 1 aromatic rings. The molecular formula is C41H64O16S. The largest absolute Gasteiger partial charge is 0.465 e. The van der Waals surface area contributed by atoms with Crippen molar-refractivity contribution in [3.8, 4) is 0 Å². The molecule has 2 saturated carbocycles. The van der Waals surface area contributed by atoms with E-state index in [1.165, 1.54) is 12.1 Å². The van der Waals surface area contributed by atoms with Crippen LogP contribution in [0.4, 0.5) is 0 Å². The fourth-order valence-electron chi connectivity index (χ4n) is 6.98. The molecule has 1 spiro atoms. The van der Waals surface area contributed by atoms with Gasteiger partial charge in [0.1, 0.15) is 5.78 Å². The molecule has 5 rings (SSSR count). The second-order valence-corrected chi connectivity index (χ2v) is 15.7. The van der Waals surface area contributed by atoms with Crippen molar-refractivity contribution in [3.05, 3.63) is 29.8 Å². The highest BCUT2D eigenvalue weighted by molar-refractivity contribution is 7.85. The van der Waals surface area contributed by atoms with Crippen LogP contribution in [-0.2, 0) is 72.0 Å². The highest BCUT2D eigenvalue weighted by Crippen LogP contribution is 2.42. The van der Waals surface area contributed by atoms with Crippen molar-refractivity contribution >= 4 is 39.8 Å². The van der Waals surface area contributed by atoms with Crippen molar-refractivity contribution < 1.29 is 74.8 Å². The van der Waals surface area contributed by atoms with E-state index in [9.17, 15) is 32.4 Å². The molecule has 0 bridgehead atoms. The van der Waals surface area contributed by atoms with Gasteiger partial charge in [0.25, 0.3) is 10.1 Å². The summed E-state index contributed by atoms with van der Waals surface area (Å²) in [6.45, 7) is 16.3. The number of hydrogen-bond donors (Lipinski definition) is 1. The number of carbonyl (C=O) groups is 5. The van der Waals surface area contributed by atoms with Gasteiger partial charge >= 0.3 is 23.9 Å². The molecule has 2 aliphatic heterocycles. The molecule has 1 aromatic carbocycles. The normalized spacial score (nSPS) is 20.7. The highest BCUT2D eigenvalue weighted by atomic mass is 32.2. The van der Waals surface area contributed by atoms with E-state index in [0.717, 1.165) is 50.9 Å². The summed E-state index contributed by atoms with van der Waals surface area (Å²) in [4.78, 5) is 59.3. The fourth-order valence-corrected chi connectivity index (χ4v) is 7.46. The monoisotopic (exact) mass is 844 g/mol. The van der Waals surface area contributed by atoms with Gasteiger partial charge in [-0.2, -0.15) is 8.42 Å². The molecular weight excluding hydrogens is 781 g/mol. The zero-order valence-corrected chi connectivity index (χ0v) is 35.9. The Hall–Kier alpha value is -3.48. The van der Waals surface area contributed by atoms with Crippen molar-refractivity contribution in [1.29, 1.82) is 0 Å². The fraction of sp³-hybridized carbons (Fsp3) is 0.732. The zero-order chi connectivity index (χ0) is 43.4. The van der Waals surface area contributed by atoms with Crippen LogP contribution in [0.2, 0.25) is 0 Å². The molecule has 58 heavy (non-hydrogen) atoms. The van der Waals surface area contributed by atoms with Crippen molar-refractivity contribution in [2.75, 3.05) is 52.9 Å². The SMILES string of the molecule is CCC1(C)OCCO1.CCOC(=O)C(C(=O)OCC)[C@H]1CCCC(=O)C1.CCOC(=O)C(C(=O)OCC)[C@H]1CCCC2(C1)OCCO2.Cc1ccc(S(=O)(=O)O)cc1. The molecule has 2 aliphatic carbocycles. The van der Waals surface area contributed by atoms with Crippen molar-refractivity contribution in [3.63, 3.8) is 0 Å². The number of Topliss-reactive ketones (excluding diaryl/α,β-unsaturated/α-hetero) is 1. The maximum Gasteiger partial charge on any atom is 0.320 e. The Morgan fingerprint density at radius 2 is 1.16 bits per heavy atom. The second-order valence-electron chi connectivity index (χ2n) is 14.3. The van der Waals surface area contributed by atoms with E-state index >= 15 is 0 Å². The minimum Gasteiger partial charge on any atom is -0.465 e. The van der Waals surface area contributed by atoms with Crippen LogP contribution in [0.5, 0.6) is 0 Å². The molecule has 2 heterocycles. The number of carbonyl (C=O) groups excluding carboxylic acids is 5. The zero-order valence-electron chi connectivity index (χ0n) is 35.1. The molecule has 0 amide bonds. The van der Waals surface area contributed by atoms with E-state index in [-0.39, 0.29) is 61.2 Å². The predicted octanol–water partition coefficient (Wildman–Crippen LogP) is 5.55. The molecule has 4 fully saturated rings. The van der Waals surface area contributed by atoms with E-state index in [2.05, 4.69) is 6.92 Å². The van der Waals surface area contributed by atoms with Gasteiger partial charge in [0.15, 0.2) is 23.4 Å². The lowest BCUT2D eigenvalue weighted by molar-refractivity contribution is -0.196. The average Bonchev–Trinajstić information content (AvgIpc) is 3.82. The first kappa shape index (κ1) is 50.7. The summed E-state index contributed by atoms with van der Waals surface area (Å²) < 4.78 is 71.4. The maximum atomic E-state index is 12.2. The van der Waals surface area contributed by atoms with Crippen LogP contribution in [0.25, 0.3) is 0 Å². The van der Waals surface area contributed by atoms with Crippen LogP contribution in [0.3, 0.4) is 0 Å². The second kappa shape index (κ2) is 25.2. The van der Waals surface area contributed by atoms with E-state index in [4.69, 9.17) is 42.4 Å². The van der Waals surface area contributed by atoms with Crippen molar-refractivity contribution in [2.24, 2.45) is 23.7 Å². The number of aryl methyl sites for hydroxylation is 1. The van der Waals surface area contributed by atoms with Gasteiger partial charge in [-0.05, 0) is 97.6 Å². The summed E-state index contributed by atoms with van der Waals surface area (Å²) >= 11 is 0. The Morgan fingerprint density at radius 1 is 0.724 bits per heavy atom. The summed E-state index contributed by atoms with van der Waals surface area (Å²) in [7, 11) is -4.02. The Bertz CT molecular complexity index is 1510. The minimum absolute atomic E-state index is 0.0666. The Morgan fingerprint density at radius 3 is 1.55 bits per heavy atom. The summed E-state index contributed by atoms with van der Waals surface area (Å²) in [6, 6.07) is 5.99. The van der Waals surface area contributed by atoms with Gasteiger partial charge in [0, 0.05) is 25.7 Å². The van der Waals surface area contributed by atoms with Crippen LogP contribution < -0.4 is 0 Å². The van der Waals surface area contributed by atoms with Crippen LogP contribution in [0, 0.1) is 30.6 Å². The Labute approximate surface area is 343 Å². The number of benzene rings is 1. The first-order chi connectivity index (χ1) is 27.5. The molecule has 0 unspecified atom stereocenters. The number of ketones is 1. The van der Waals surface area contributed by atoms with Gasteiger partial charge in [0.2, 0.25) is 0 Å². The summed E-state index contributed by atoms with van der Waals surface area (Å²) in [5, 5.41) is 0. The maximum absolute atomic E-state index is 12.2. The Kier molecular flexibility index (Phi) is 22.0. The lowest BCUT2D eigenvalue weighted by atomic mass is 9.77. The summed E-state index contributed by atoms with van der Waals surface area (Å²) in [5.74, 6) is -5.20. The van der Waals surface area contributed by atoms with Gasteiger partial charge in [-0.25, -0.2) is 0 Å². The van der Waals surface area contributed by atoms with Crippen LogP contribution >= 0.6 is 0 Å². The number of rotatable bonds is 12. The molecule has 0 radical (unpaired) electrons. The third kappa shape index (κ3) is 16.6. The van der Waals surface area contributed by atoms with Crippen LogP contribution in [0.1, 0.15) is 105 Å². The standard InChI is InChI=1S/C15H24O6.C13H20O5.C7H8O3S.C6H12O2/c1-3-18-13(16)12(14(17)19-4-2)11-6-5-7-15(10-11)20-8-9-21-15;1-3-17-12(15)11(13(16)18-4-2)9-6-5-7-10(14)8-9;1-6-2-4-7(5-3-6)11(8,9)10;1-3-6(2)7-4-5-8-6/h11-12H,3-10H2,1-2H3;9,11H,3-8H2,1-2H3;2-5H,1H3,(H,8,9,10);3-5H2,1-2H3/t11-;9-;;/m00../s1. The number of ether oxygens (including phenoxy) is 8. The molecule has 16 nitrogen and oxygen atoms in total. The predicted molar refractivity (Wildman–Crippen MR) is 209 cm³/mol. The topological polar surface area (TPSA) is 214 Å². The lowest BCUT2D eigenvalue weighted by Crippen LogP contribution is -2.43. The molecule has 1 N–H and O–H groups in total. The number of hydrogen-bond acceptors (Lipinski definition) is 15. The van der Waals surface area contributed by atoms with E-state index in [1.807, 2.05) is 13.8 Å². The Balaban J connectivity index is 0.000000283. The van der Waals surface area contributed by atoms with Gasteiger partial charge < -0.3 is 37.9 Å². The van der Waals surface area contributed by atoms with Crippen LogP contribution in [0.15, 0.2) is 29.2 Å². The van der Waals surface area contributed by atoms with Gasteiger partial charge in [-0.1, -0.05) is 24.6 Å². The third-order valence-corrected chi connectivity index (χ3v) is 10.9. The molecule has 4 aliphatic rings. The molecule has 0 aromatic heterocycles. The minimum atomic E-state index is -4.02. The van der Waals surface area contributed by atoms with E-state index < -0.39 is 51.6 Å². The number of esters is 4. The first-order valence-corrected chi connectivity index (χ1v) is 21.7. The summed E-state index contributed by atoms with van der Waals surface area (Å²) in [6.07, 6.45) is 6.13. The quantitative estimate of drug-likeness (QED) is 0.118. The van der Waals surface area contributed by atoms with Gasteiger partial charge in [-0.3, -0.25) is 28.5 Å². The third-order valence-electron chi connectivity index (χ3n) is 10.0. The lowest BCUT2D eigenvalue weighted by Gasteiger charge is -2.38. The van der Waals surface area contributed by atoms with E-state index in [0.29, 0.717) is 32.5 Å². The molecule has 2 atom stereocenters. The molecule has 17 heteroatoms. The van der Waals surface area contributed by atoms with Crippen molar-refractivity contribution in [1.82, 2.24) is 0 Å². The molecule has 330 valence electrons. The first-order valence-electron chi connectivity index (χ1n) is 20.3. The van der Waals surface area contributed by atoms with Crippen molar-refractivity contribution in [2.45, 2.75) is 123 Å². The van der Waals surface area contributed by atoms with Gasteiger partial charge in [-0.15, -0.1) is 0 Å². The van der Waals surface area contributed by atoms with Crippen LogP contribution in [-0.4, -0.2) is 107 Å². The van der Waals surface area contributed by atoms with Gasteiger partial charge in [0.05, 0.1) is 57.8 Å². The average molecular weight is 845 g/mol. The molecule has 2 saturated heterocycles.